The first-order valence-corrected chi connectivity index (χ1v) is 6.20. The van der Waals surface area contributed by atoms with E-state index in [1.54, 1.807) is 18.2 Å². The highest BCUT2D eigenvalue weighted by Gasteiger charge is 2.10. The quantitative estimate of drug-likeness (QED) is 0.861. The fraction of sp³-hybridized carbons (Fsp3) is 0.0714. The van der Waals surface area contributed by atoms with Crippen LogP contribution >= 0.6 is 15.9 Å². The van der Waals surface area contributed by atoms with Crippen LogP contribution in [0.5, 0.6) is 0 Å². The van der Waals surface area contributed by atoms with Crippen molar-refractivity contribution in [1.82, 2.24) is 0 Å². The molecule has 2 N–H and O–H groups in total. The SMILES string of the molecule is CN(c1cc(C#N)ccc1N)c1ccccc1Br. The van der Waals surface area contributed by atoms with Crippen LogP contribution in [0.4, 0.5) is 17.1 Å². The predicted molar refractivity (Wildman–Crippen MR) is 77.8 cm³/mol. The van der Waals surface area contributed by atoms with Crippen LogP contribution in [-0.4, -0.2) is 7.05 Å². The lowest BCUT2D eigenvalue weighted by atomic mass is 10.1. The molecule has 0 aliphatic carbocycles. The van der Waals surface area contributed by atoms with E-state index in [-0.39, 0.29) is 0 Å². The summed E-state index contributed by atoms with van der Waals surface area (Å²) in [6.07, 6.45) is 0. The lowest BCUT2D eigenvalue weighted by Crippen LogP contribution is -2.12. The first-order valence-electron chi connectivity index (χ1n) is 5.41. The number of hydrogen-bond acceptors (Lipinski definition) is 3. The van der Waals surface area contributed by atoms with E-state index >= 15 is 0 Å². The third-order valence-electron chi connectivity index (χ3n) is 2.73. The van der Waals surface area contributed by atoms with E-state index in [4.69, 9.17) is 11.0 Å². The number of nitrogen functional groups attached to an aromatic ring is 1. The van der Waals surface area contributed by atoms with Crippen molar-refractivity contribution in [2.24, 2.45) is 0 Å². The van der Waals surface area contributed by atoms with Crippen LogP contribution in [0.2, 0.25) is 0 Å². The van der Waals surface area contributed by atoms with Crippen LogP contribution in [0.25, 0.3) is 0 Å². The summed E-state index contributed by atoms with van der Waals surface area (Å²) >= 11 is 3.51. The number of nitrogens with zero attached hydrogens (tertiary/aromatic N) is 2. The monoisotopic (exact) mass is 301 g/mol. The Kier molecular flexibility index (Phi) is 3.54. The maximum atomic E-state index is 8.94. The summed E-state index contributed by atoms with van der Waals surface area (Å²) < 4.78 is 0.981. The minimum Gasteiger partial charge on any atom is -0.397 e. The minimum absolute atomic E-state index is 0.595. The first kappa shape index (κ1) is 12.5. The van der Waals surface area contributed by atoms with Crippen molar-refractivity contribution >= 4 is 33.0 Å². The van der Waals surface area contributed by atoms with Crippen LogP contribution in [0.3, 0.4) is 0 Å². The van der Waals surface area contributed by atoms with Crippen molar-refractivity contribution in [3.63, 3.8) is 0 Å². The van der Waals surface area contributed by atoms with Crippen molar-refractivity contribution in [2.75, 3.05) is 17.7 Å². The van der Waals surface area contributed by atoms with E-state index in [0.717, 1.165) is 15.8 Å². The van der Waals surface area contributed by atoms with Gasteiger partial charge in [0.15, 0.2) is 0 Å². The number of anilines is 3. The van der Waals surface area contributed by atoms with Crippen LogP contribution in [0.1, 0.15) is 5.56 Å². The lowest BCUT2D eigenvalue weighted by molar-refractivity contribution is 1.20. The van der Waals surface area contributed by atoms with Gasteiger partial charge in [0, 0.05) is 11.5 Å². The standard InChI is InChI=1S/C14H12BrN3/c1-18(13-5-3-2-4-11(13)15)14-8-10(9-16)6-7-12(14)17/h2-8H,17H2,1H3. The smallest absolute Gasteiger partial charge is 0.0992 e. The average molecular weight is 302 g/mol. The van der Waals surface area contributed by atoms with Crippen LogP contribution in [-0.2, 0) is 0 Å². The Balaban J connectivity index is 2.49. The zero-order valence-corrected chi connectivity index (χ0v) is 11.5. The van der Waals surface area contributed by atoms with Crippen LogP contribution in [0.15, 0.2) is 46.9 Å². The second-order valence-electron chi connectivity index (χ2n) is 3.90. The summed E-state index contributed by atoms with van der Waals surface area (Å²) in [5, 5.41) is 8.94. The van der Waals surface area contributed by atoms with E-state index in [1.807, 2.05) is 36.2 Å². The number of nitriles is 1. The molecule has 0 unspecified atom stereocenters. The summed E-state index contributed by atoms with van der Waals surface area (Å²) in [6.45, 7) is 0. The van der Waals surface area contributed by atoms with Gasteiger partial charge in [0.1, 0.15) is 0 Å². The molecular formula is C14H12BrN3. The predicted octanol–water partition coefficient (Wildman–Crippen LogP) is 3.67. The van der Waals surface area contributed by atoms with Gasteiger partial charge in [-0.3, -0.25) is 0 Å². The van der Waals surface area contributed by atoms with Gasteiger partial charge in [-0.15, -0.1) is 0 Å². The normalized spacial score (nSPS) is 9.83. The molecule has 0 spiro atoms. The second-order valence-corrected chi connectivity index (χ2v) is 4.75. The number of hydrogen-bond donors (Lipinski definition) is 1. The molecule has 90 valence electrons. The second kappa shape index (κ2) is 5.11. The highest BCUT2D eigenvalue weighted by atomic mass is 79.9. The zero-order chi connectivity index (χ0) is 13.1. The molecule has 0 saturated carbocycles. The van der Waals surface area contributed by atoms with Gasteiger partial charge in [-0.1, -0.05) is 12.1 Å². The molecule has 4 heteroatoms. The van der Waals surface area contributed by atoms with Gasteiger partial charge in [-0.2, -0.15) is 5.26 Å². The number of para-hydroxylation sites is 1. The molecule has 2 rings (SSSR count). The van der Waals surface area contributed by atoms with Gasteiger partial charge in [-0.05, 0) is 46.3 Å². The van der Waals surface area contributed by atoms with E-state index < -0.39 is 0 Å². The lowest BCUT2D eigenvalue weighted by Gasteiger charge is -2.22. The van der Waals surface area contributed by atoms with Crippen molar-refractivity contribution in [1.29, 1.82) is 5.26 Å². The Morgan fingerprint density at radius 1 is 1.17 bits per heavy atom. The van der Waals surface area contributed by atoms with Crippen molar-refractivity contribution in [3.8, 4) is 6.07 Å². The highest BCUT2D eigenvalue weighted by Crippen LogP contribution is 2.34. The summed E-state index contributed by atoms with van der Waals surface area (Å²) in [5.74, 6) is 0. The Labute approximate surface area is 115 Å². The van der Waals surface area contributed by atoms with E-state index in [2.05, 4.69) is 22.0 Å². The summed E-state index contributed by atoms with van der Waals surface area (Å²) in [5.41, 5.74) is 9.03. The molecule has 18 heavy (non-hydrogen) atoms. The molecule has 3 nitrogen and oxygen atoms in total. The van der Waals surface area contributed by atoms with Gasteiger partial charge < -0.3 is 10.6 Å². The van der Waals surface area contributed by atoms with Crippen LogP contribution < -0.4 is 10.6 Å². The molecule has 0 radical (unpaired) electrons. The van der Waals surface area contributed by atoms with Gasteiger partial charge in [0.05, 0.1) is 28.7 Å². The van der Waals surface area contributed by atoms with E-state index in [1.165, 1.54) is 0 Å². The molecule has 2 aromatic carbocycles. The molecule has 0 aliphatic heterocycles. The van der Waals surface area contributed by atoms with Gasteiger partial charge >= 0.3 is 0 Å². The van der Waals surface area contributed by atoms with Gasteiger partial charge in [0.25, 0.3) is 0 Å². The van der Waals surface area contributed by atoms with E-state index in [0.29, 0.717) is 11.3 Å². The van der Waals surface area contributed by atoms with Crippen molar-refractivity contribution in [3.05, 3.63) is 52.5 Å². The third-order valence-corrected chi connectivity index (χ3v) is 3.41. The molecular weight excluding hydrogens is 290 g/mol. The first-order chi connectivity index (χ1) is 8.63. The topological polar surface area (TPSA) is 53.0 Å². The van der Waals surface area contributed by atoms with Crippen LogP contribution in [0, 0.1) is 11.3 Å². The Bertz CT molecular complexity index is 617. The Morgan fingerprint density at radius 2 is 1.89 bits per heavy atom. The molecule has 0 fully saturated rings. The Hall–Kier alpha value is -1.99. The van der Waals surface area contributed by atoms with E-state index in [9.17, 15) is 0 Å². The zero-order valence-electron chi connectivity index (χ0n) is 9.89. The maximum Gasteiger partial charge on any atom is 0.0992 e. The summed E-state index contributed by atoms with van der Waals surface area (Å²) in [6, 6.07) is 15.2. The molecule has 0 saturated heterocycles. The average Bonchev–Trinajstić information content (AvgIpc) is 2.39. The van der Waals surface area contributed by atoms with Crippen molar-refractivity contribution < 1.29 is 0 Å². The molecule has 0 bridgehead atoms. The fourth-order valence-corrected chi connectivity index (χ4v) is 2.31. The molecule has 0 atom stereocenters. The molecule has 2 aromatic rings. The highest BCUT2D eigenvalue weighted by molar-refractivity contribution is 9.10. The third kappa shape index (κ3) is 2.31. The number of rotatable bonds is 2. The summed E-state index contributed by atoms with van der Waals surface area (Å²) in [7, 11) is 1.92. The maximum absolute atomic E-state index is 8.94. The number of halogens is 1. The molecule has 0 amide bonds. The largest absolute Gasteiger partial charge is 0.397 e. The Morgan fingerprint density at radius 3 is 2.56 bits per heavy atom. The number of nitrogens with two attached hydrogens (primary N) is 1. The van der Waals surface area contributed by atoms with Gasteiger partial charge in [-0.25, -0.2) is 0 Å². The summed E-state index contributed by atoms with van der Waals surface area (Å²) in [4.78, 5) is 1.96. The molecule has 0 aliphatic rings. The fourth-order valence-electron chi connectivity index (χ4n) is 1.76. The van der Waals surface area contributed by atoms with Gasteiger partial charge in [0.2, 0.25) is 0 Å². The molecule has 0 aromatic heterocycles. The van der Waals surface area contributed by atoms with Crippen molar-refractivity contribution in [2.45, 2.75) is 0 Å². The minimum atomic E-state index is 0.595. The molecule has 0 heterocycles. The number of benzene rings is 2.